The number of carbonyl (C=O) groups excluding carboxylic acids is 2. The van der Waals surface area contributed by atoms with Gasteiger partial charge >= 0.3 is 0 Å². The molecule has 2 amide bonds. The van der Waals surface area contributed by atoms with Crippen LogP contribution in [0.4, 0.5) is 5.88 Å². The third kappa shape index (κ3) is 5.55. The van der Waals surface area contributed by atoms with Crippen molar-refractivity contribution >= 4 is 17.7 Å². The highest BCUT2D eigenvalue weighted by molar-refractivity contribution is 5.91. The minimum atomic E-state index is -0.466. The molecule has 0 spiro atoms. The highest BCUT2D eigenvalue weighted by Crippen LogP contribution is 2.23. The third-order valence-electron chi connectivity index (χ3n) is 2.98. The summed E-state index contributed by atoms with van der Waals surface area (Å²) in [6.07, 6.45) is 0. The molecule has 0 radical (unpaired) electrons. The highest BCUT2D eigenvalue weighted by atomic mass is 16.5. The van der Waals surface area contributed by atoms with Crippen molar-refractivity contribution in [3.63, 3.8) is 0 Å². The van der Waals surface area contributed by atoms with Gasteiger partial charge in [0.2, 0.25) is 17.7 Å². The molecule has 0 aliphatic carbocycles. The molecule has 7 nitrogen and oxygen atoms in total. The summed E-state index contributed by atoms with van der Waals surface area (Å²) in [6.45, 7) is 9.89. The van der Waals surface area contributed by atoms with Crippen molar-refractivity contribution in [3.8, 4) is 0 Å². The normalized spacial score (nSPS) is 12.0. The number of carbonyl (C=O) groups is 2. The number of amides is 2. The highest BCUT2D eigenvalue weighted by Gasteiger charge is 2.21. The van der Waals surface area contributed by atoms with Crippen LogP contribution in [-0.4, -0.2) is 41.0 Å². The third-order valence-corrected chi connectivity index (χ3v) is 2.98. The average molecular weight is 296 g/mol. The molecule has 0 aliphatic heterocycles. The van der Waals surface area contributed by atoms with Gasteiger partial charge in [-0.2, -0.15) is 0 Å². The molecular formula is C14H24N4O3. The topological polar surface area (TPSA) is 101 Å². The summed E-state index contributed by atoms with van der Waals surface area (Å²) in [6, 6.07) is 1.73. The van der Waals surface area contributed by atoms with Crippen LogP contribution in [0, 0.1) is 0 Å². The lowest BCUT2D eigenvalue weighted by molar-refractivity contribution is -0.121. The van der Waals surface area contributed by atoms with E-state index in [4.69, 9.17) is 10.3 Å². The summed E-state index contributed by atoms with van der Waals surface area (Å²) < 4.78 is 5.09. The van der Waals surface area contributed by atoms with Crippen molar-refractivity contribution in [2.45, 2.75) is 46.1 Å². The second-order valence-electron chi connectivity index (χ2n) is 6.34. The van der Waals surface area contributed by atoms with Crippen LogP contribution >= 0.6 is 0 Å². The molecule has 0 bridgehead atoms. The van der Waals surface area contributed by atoms with Gasteiger partial charge in [-0.05, 0) is 13.8 Å². The van der Waals surface area contributed by atoms with Crippen molar-refractivity contribution in [1.82, 2.24) is 10.1 Å². The monoisotopic (exact) mass is 296 g/mol. The van der Waals surface area contributed by atoms with E-state index in [-0.39, 0.29) is 30.5 Å². The average Bonchev–Trinajstić information content (AvgIpc) is 2.75. The van der Waals surface area contributed by atoms with Crippen LogP contribution in [0.15, 0.2) is 10.6 Å². The van der Waals surface area contributed by atoms with Crippen LogP contribution in [0.1, 0.15) is 40.3 Å². The quantitative estimate of drug-likeness (QED) is 0.818. The smallest absolute Gasteiger partial charge is 0.240 e. The zero-order chi connectivity index (χ0) is 16.2. The van der Waals surface area contributed by atoms with Gasteiger partial charge in [-0.1, -0.05) is 25.9 Å². The Morgan fingerprint density at radius 3 is 2.43 bits per heavy atom. The van der Waals surface area contributed by atoms with Gasteiger partial charge in [0.15, 0.2) is 0 Å². The fourth-order valence-corrected chi connectivity index (χ4v) is 1.67. The summed E-state index contributed by atoms with van der Waals surface area (Å²) in [5.74, 6) is -0.444. The lowest BCUT2D eigenvalue weighted by Gasteiger charge is -2.23. The first-order chi connectivity index (χ1) is 9.59. The molecule has 0 atom stereocenters. The van der Waals surface area contributed by atoms with Gasteiger partial charge in [0.1, 0.15) is 0 Å². The number of nitrogens with two attached hydrogens (primary N) is 1. The fraction of sp³-hybridized carbons (Fsp3) is 0.643. The number of anilines is 1. The predicted molar refractivity (Wildman–Crippen MR) is 79.7 cm³/mol. The number of hydrogen-bond donors (Lipinski definition) is 2. The second kappa shape index (κ2) is 6.71. The lowest BCUT2D eigenvalue weighted by atomic mass is 9.92. The van der Waals surface area contributed by atoms with Gasteiger partial charge in [0.05, 0.1) is 18.8 Å². The van der Waals surface area contributed by atoms with Gasteiger partial charge in [-0.15, -0.1) is 0 Å². The van der Waals surface area contributed by atoms with Crippen molar-refractivity contribution in [2.75, 3.05) is 18.4 Å². The first-order valence-corrected chi connectivity index (χ1v) is 6.89. The zero-order valence-corrected chi connectivity index (χ0v) is 13.3. The van der Waals surface area contributed by atoms with Crippen LogP contribution in [-0.2, 0) is 15.0 Å². The Morgan fingerprint density at radius 2 is 2.00 bits per heavy atom. The number of primary amides is 1. The molecule has 0 fully saturated rings. The Morgan fingerprint density at radius 1 is 1.38 bits per heavy atom. The van der Waals surface area contributed by atoms with E-state index in [1.807, 2.05) is 34.6 Å². The van der Waals surface area contributed by atoms with Crippen molar-refractivity contribution in [1.29, 1.82) is 0 Å². The maximum absolute atomic E-state index is 12.0. The largest absolute Gasteiger partial charge is 0.369 e. The van der Waals surface area contributed by atoms with Crippen LogP contribution in [0.2, 0.25) is 0 Å². The summed E-state index contributed by atoms with van der Waals surface area (Å²) in [5, 5.41) is 6.56. The molecule has 21 heavy (non-hydrogen) atoms. The minimum Gasteiger partial charge on any atom is -0.369 e. The molecular weight excluding hydrogens is 272 g/mol. The Balaban J connectivity index is 2.64. The summed E-state index contributed by atoms with van der Waals surface area (Å²) in [5.41, 5.74) is 5.78. The van der Waals surface area contributed by atoms with Crippen molar-refractivity contribution < 1.29 is 14.1 Å². The lowest BCUT2D eigenvalue weighted by Crippen LogP contribution is -2.43. The number of nitrogens with zero attached hydrogens (tertiary/aromatic N) is 2. The van der Waals surface area contributed by atoms with Crippen molar-refractivity contribution in [2.24, 2.45) is 5.73 Å². The summed E-state index contributed by atoms with van der Waals surface area (Å²) >= 11 is 0. The van der Waals surface area contributed by atoms with Crippen molar-refractivity contribution in [3.05, 3.63) is 11.8 Å². The molecule has 0 unspecified atom stereocenters. The standard InChI is InChI=1S/C14H24N4O3/c1-9(2)18(7-11(15)19)8-12(20)16-13-6-10(17-21-13)14(3,4)5/h6,9H,7-8H2,1-5H3,(H2,15,19)(H,16,20). The second-order valence-corrected chi connectivity index (χ2v) is 6.34. The van der Waals surface area contributed by atoms with E-state index >= 15 is 0 Å². The van der Waals surface area contributed by atoms with E-state index < -0.39 is 5.91 Å². The van der Waals surface area contributed by atoms with Crippen LogP contribution in [0.5, 0.6) is 0 Å². The van der Waals surface area contributed by atoms with Gasteiger partial charge in [-0.25, -0.2) is 0 Å². The van der Waals surface area contributed by atoms with E-state index in [2.05, 4.69) is 10.5 Å². The molecule has 3 N–H and O–H groups in total. The molecule has 1 aromatic rings. The summed E-state index contributed by atoms with van der Waals surface area (Å²) in [7, 11) is 0. The molecule has 0 aromatic carbocycles. The minimum absolute atomic E-state index is 0.0307. The molecule has 1 aromatic heterocycles. The van der Waals surface area contributed by atoms with E-state index in [0.29, 0.717) is 5.88 Å². The van der Waals surface area contributed by atoms with Gasteiger partial charge in [-0.3, -0.25) is 19.8 Å². The fourth-order valence-electron chi connectivity index (χ4n) is 1.67. The molecule has 0 saturated heterocycles. The molecule has 1 rings (SSSR count). The molecule has 0 saturated carbocycles. The van der Waals surface area contributed by atoms with Gasteiger partial charge < -0.3 is 10.3 Å². The number of rotatable bonds is 6. The SMILES string of the molecule is CC(C)N(CC(N)=O)CC(=O)Nc1cc(C(C)(C)C)no1. The van der Waals surface area contributed by atoms with E-state index in [9.17, 15) is 9.59 Å². The van der Waals surface area contributed by atoms with Gasteiger partial charge in [0, 0.05) is 17.5 Å². The molecule has 0 aliphatic rings. The Kier molecular flexibility index (Phi) is 5.48. The Labute approximate surface area is 124 Å². The van der Waals surface area contributed by atoms with E-state index in [1.54, 1.807) is 11.0 Å². The van der Waals surface area contributed by atoms with E-state index in [0.717, 1.165) is 5.69 Å². The zero-order valence-electron chi connectivity index (χ0n) is 13.3. The molecule has 7 heteroatoms. The Hall–Kier alpha value is -1.89. The van der Waals surface area contributed by atoms with Crippen LogP contribution in [0.25, 0.3) is 0 Å². The number of aromatic nitrogens is 1. The molecule has 1 heterocycles. The number of hydrogen-bond acceptors (Lipinski definition) is 5. The predicted octanol–water partition coefficient (Wildman–Crippen LogP) is 1.11. The Bertz CT molecular complexity index is 503. The van der Waals surface area contributed by atoms with Crippen LogP contribution < -0.4 is 11.1 Å². The van der Waals surface area contributed by atoms with Gasteiger partial charge in [0.25, 0.3) is 0 Å². The number of nitrogens with one attached hydrogen (secondary N) is 1. The van der Waals surface area contributed by atoms with E-state index in [1.165, 1.54) is 0 Å². The maximum Gasteiger partial charge on any atom is 0.240 e. The molecule has 118 valence electrons. The summed E-state index contributed by atoms with van der Waals surface area (Å²) in [4.78, 5) is 24.6. The maximum atomic E-state index is 12.0. The first kappa shape index (κ1) is 17.2. The van der Waals surface area contributed by atoms with Crippen LogP contribution in [0.3, 0.4) is 0 Å². The first-order valence-electron chi connectivity index (χ1n) is 6.89.